The van der Waals surface area contributed by atoms with Crippen LogP contribution in [0.4, 0.5) is 5.69 Å². The number of rotatable bonds is 5. The van der Waals surface area contributed by atoms with E-state index in [1.165, 1.54) is 0 Å². The van der Waals surface area contributed by atoms with E-state index in [2.05, 4.69) is 0 Å². The van der Waals surface area contributed by atoms with Gasteiger partial charge in [-0.3, -0.25) is 4.79 Å². The van der Waals surface area contributed by atoms with Crippen molar-refractivity contribution in [3.63, 3.8) is 0 Å². The molecule has 0 atom stereocenters. The molecule has 0 heterocycles. The second-order valence-corrected chi connectivity index (χ2v) is 5.45. The smallest absolute Gasteiger partial charge is 0.222 e. The molecule has 0 saturated heterocycles. The normalized spacial score (nSPS) is 10.4. The van der Waals surface area contributed by atoms with Crippen LogP contribution in [0.3, 0.4) is 0 Å². The summed E-state index contributed by atoms with van der Waals surface area (Å²) in [5.41, 5.74) is 8.58. The summed E-state index contributed by atoms with van der Waals surface area (Å²) in [5.74, 6) is 0.0816. The Kier molecular flexibility index (Phi) is 5.23. The summed E-state index contributed by atoms with van der Waals surface area (Å²) in [6, 6.07) is 15.2. The van der Waals surface area contributed by atoms with Gasteiger partial charge >= 0.3 is 0 Å². The van der Waals surface area contributed by atoms with Crippen LogP contribution in [-0.2, 0) is 17.8 Å². The van der Waals surface area contributed by atoms with E-state index in [1.807, 2.05) is 48.5 Å². The van der Waals surface area contributed by atoms with Gasteiger partial charge in [-0.15, -0.1) is 0 Å². The number of para-hydroxylation sites is 1. The zero-order valence-electron chi connectivity index (χ0n) is 12.1. The monoisotopic (exact) mass is 302 g/mol. The summed E-state index contributed by atoms with van der Waals surface area (Å²) >= 11 is 6.11. The van der Waals surface area contributed by atoms with Crippen LogP contribution in [0, 0.1) is 0 Å². The van der Waals surface area contributed by atoms with Gasteiger partial charge in [0.1, 0.15) is 0 Å². The number of halogens is 1. The van der Waals surface area contributed by atoms with Gasteiger partial charge in [-0.1, -0.05) is 48.0 Å². The number of aryl methyl sites for hydroxylation is 1. The zero-order chi connectivity index (χ0) is 15.2. The highest BCUT2D eigenvalue weighted by molar-refractivity contribution is 6.31. The lowest BCUT2D eigenvalue weighted by Crippen LogP contribution is -2.26. The molecule has 1 amide bonds. The molecule has 110 valence electrons. The number of nitrogens with two attached hydrogens (primary N) is 1. The minimum absolute atomic E-state index is 0.0816. The van der Waals surface area contributed by atoms with E-state index in [4.69, 9.17) is 17.3 Å². The molecule has 21 heavy (non-hydrogen) atoms. The number of carbonyl (C=O) groups is 1. The molecule has 0 spiro atoms. The minimum atomic E-state index is 0.0816. The van der Waals surface area contributed by atoms with Crippen molar-refractivity contribution in [1.29, 1.82) is 0 Å². The molecule has 2 aromatic carbocycles. The van der Waals surface area contributed by atoms with Crippen LogP contribution in [0.1, 0.15) is 17.5 Å². The fourth-order valence-corrected chi connectivity index (χ4v) is 2.36. The Hall–Kier alpha value is -2.00. The van der Waals surface area contributed by atoms with Gasteiger partial charge in [-0.05, 0) is 29.7 Å². The Morgan fingerprint density at radius 3 is 2.38 bits per heavy atom. The third-order valence-corrected chi connectivity index (χ3v) is 3.82. The van der Waals surface area contributed by atoms with Crippen molar-refractivity contribution in [1.82, 2.24) is 4.90 Å². The van der Waals surface area contributed by atoms with Crippen LogP contribution in [0.2, 0.25) is 5.02 Å². The minimum Gasteiger partial charge on any atom is -0.399 e. The van der Waals surface area contributed by atoms with Gasteiger partial charge in [0, 0.05) is 30.7 Å². The van der Waals surface area contributed by atoms with Crippen molar-refractivity contribution >= 4 is 23.2 Å². The molecule has 4 heteroatoms. The van der Waals surface area contributed by atoms with Gasteiger partial charge < -0.3 is 10.6 Å². The lowest BCUT2D eigenvalue weighted by Gasteiger charge is -2.18. The maximum atomic E-state index is 12.2. The first-order valence-corrected chi connectivity index (χ1v) is 7.26. The molecule has 3 nitrogen and oxygen atoms in total. The van der Waals surface area contributed by atoms with E-state index in [9.17, 15) is 4.79 Å². The Morgan fingerprint density at radius 2 is 1.71 bits per heavy atom. The summed E-state index contributed by atoms with van der Waals surface area (Å²) in [6.45, 7) is 0.517. The number of benzene rings is 2. The van der Waals surface area contributed by atoms with Crippen LogP contribution in [0.25, 0.3) is 0 Å². The van der Waals surface area contributed by atoms with E-state index in [1.54, 1.807) is 11.9 Å². The molecule has 2 aromatic rings. The van der Waals surface area contributed by atoms with Gasteiger partial charge in [-0.25, -0.2) is 0 Å². The SMILES string of the molecule is CN(Cc1ccccc1Cl)C(=O)CCc1ccccc1N. The van der Waals surface area contributed by atoms with Crippen LogP contribution in [0.15, 0.2) is 48.5 Å². The van der Waals surface area contributed by atoms with E-state index >= 15 is 0 Å². The zero-order valence-corrected chi connectivity index (χ0v) is 12.8. The molecule has 0 aromatic heterocycles. The summed E-state index contributed by atoms with van der Waals surface area (Å²) in [7, 11) is 1.79. The Morgan fingerprint density at radius 1 is 1.10 bits per heavy atom. The first-order chi connectivity index (χ1) is 10.1. The number of carbonyl (C=O) groups excluding carboxylic acids is 1. The molecular formula is C17H19ClN2O. The van der Waals surface area contributed by atoms with Gasteiger partial charge in [0.2, 0.25) is 5.91 Å². The molecule has 0 aliphatic carbocycles. The van der Waals surface area contributed by atoms with Crippen LogP contribution in [0.5, 0.6) is 0 Å². The molecule has 0 fully saturated rings. The summed E-state index contributed by atoms with van der Waals surface area (Å²) in [4.78, 5) is 13.9. The number of hydrogen-bond acceptors (Lipinski definition) is 2. The van der Waals surface area contributed by atoms with Crippen LogP contribution >= 0.6 is 11.6 Å². The lowest BCUT2D eigenvalue weighted by atomic mass is 10.1. The highest BCUT2D eigenvalue weighted by Crippen LogP contribution is 2.17. The van der Waals surface area contributed by atoms with Gasteiger partial charge in [-0.2, -0.15) is 0 Å². The molecule has 2 N–H and O–H groups in total. The lowest BCUT2D eigenvalue weighted by molar-refractivity contribution is -0.130. The van der Waals surface area contributed by atoms with Crippen LogP contribution < -0.4 is 5.73 Å². The van der Waals surface area contributed by atoms with Gasteiger partial charge in [0.25, 0.3) is 0 Å². The number of nitrogens with zero attached hydrogens (tertiary/aromatic N) is 1. The van der Waals surface area contributed by atoms with Crippen molar-refractivity contribution in [3.8, 4) is 0 Å². The predicted molar refractivity (Wildman–Crippen MR) is 87.1 cm³/mol. The molecule has 0 aliphatic rings. The Bertz CT molecular complexity index is 628. The number of anilines is 1. The Labute approximate surface area is 130 Å². The highest BCUT2D eigenvalue weighted by atomic mass is 35.5. The van der Waals surface area contributed by atoms with Gasteiger partial charge in [0.15, 0.2) is 0 Å². The average Bonchev–Trinajstić information content (AvgIpc) is 2.48. The quantitative estimate of drug-likeness (QED) is 0.859. The standard InChI is InChI=1S/C17H19ClN2O/c1-20(12-14-7-2-4-8-15(14)18)17(21)11-10-13-6-3-5-9-16(13)19/h2-9H,10-12,19H2,1H3. The molecule has 0 aliphatic heterocycles. The van der Waals surface area contributed by atoms with Crippen molar-refractivity contribution in [2.45, 2.75) is 19.4 Å². The molecule has 0 bridgehead atoms. The van der Waals surface area contributed by atoms with E-state index in [-0.39, 0.29) is 5.91 Å². The molecule has 0 unspecified atom stereocenters. The van der Waals surface area contributed by atoms with Crippen molar-refractivity contribution in [3.05, 3.63) is 64.7 Å². The van der Waals surface area contributed by atoms with E-state index < -0.39 is 0 Å². The summed E-state index contributed by atoms with van der Waals surface area (Å²) in [6.07, 6.45) is 1.09. The van der Waals surface area contributed by atoms with E-state index in [0.717, 1.165) is 16.8 Å². The van der Waals surface area contributed by atoms with Crippen molar-refractivity contribution in [2.75, 3.05) is 12.8 Å². The average molecular weight is 303 g/mol. The Balaban J connectivity index is 1.91. The first-order valence-electron chi connectivity index (χ1n) is 6.88. The maximum absolute atomic E-state index is 12.2. The highest BCUT2D eigenvalue weighted by Gasteiger charge is 2.11. The maximum Gasteiger partial charge on any atom is 0.222 e. The third kappa shape index (κ3) is 4.23. The molecule has 0 radical (unpaired) electrons. The topological polar surface area (TPSA) is 46.3 Å². The summed E-state index contributed by atoms with van der Waals surface area (Å²) < 4.78 is 0. The fourth-order valence-electron chi connectivity index (χ4n) is 2.16. The first kappa shape index (κ1) is 15.4. The van der Waals surface area contributed by atoms with Gasteiger partial charge in [0.05, 0.1) is 0 Å². The predicted octanol–water partition coefficient (Wildman–Crippen LogP) is 3.51. The second-order valence-electron chi connectivity index (χ2n) is 5.04. The molecular weight excluding hydrogens is 284 g/mol. The molecule has 2 rings (SSSR count). The molecule has 0 saturated carbocycles. The fraction of sp³-hybridized carbons (Fsp3) is 0.235. The largest absolute Gasteiger partial charge is 0.399 e. The van der Waals surface area contributed by atoms with E-state index in [0.29, 0.717) is 24.4 Å². The number of amides is 1. The second kappa shape index (κ2) is 7.14. The number of hydrogen-bond donors (Lipinski definition) is 1. The summed E-state index contributed by atoms with van der Waals surface area (Å²) in [5, 5.41) is 0.685. The number of nitrogen functional groups attached to an aromatic ring is 1. The van der Waals surface area contributed by atoms with Crippen LogP contribution in [-0.4, -0.2) is 17.9 Å². The van der Waals surface area contributed by atoms with Crippen molar-refractivity contribution < 1.29 is 4.79 Å². The van der Waals surface area contributed by atoms with Crippen molar-refractivity contribution in [2.24, 2.45) is 0 Å². The third-order valence-electron chi connectivity index (χ3n) is 3.45.